The van der Waals surface area contributed by atoms with Gasteiger partial charge in [-0.25, -0.2) is 0 Å². The predicted octanol–water partition coefficient (Wildman–Crippen LogP) is 3.46. The van der Waals surface area contributed by atoms with Gasteiger partial charge in [0.2, 0.25) is 0 Å². The first-order chi connectivity index (χ1) is 8.27. The van der Waals surface area contributed by atoms with Crippen molar-refractivity contribution in [3.05, 3.63) is 53.7 Å². The summed E-state index contributed by atoms with van der Waals surface area (Å²) in [6, 6.07) is 11.3. The monoisotopic (exact) mass is 245 g/mol. The number of carbonyl (C=O) groups excluding carboxylic acids is 1. The van der Waals surface area contributed by atoms with Crippen LogP contribution >= 0.6 is 11.8 Å². The first kappa shape index (κ1) is 12.0. The maximum atomic E-state index is 12.3. The van der Waals surface area contributed by atoms with Gasteiger partial charge >= 0.3 is 0 Å². The minimum absolute atomic E-state index is 0.0992. The third-order valence-corrected chi connectivity index (χ3v) is 3.57. The highest BCUT2D eigenvalue weighted by atomic mass is 32.2. The fraction of sp³-hybridized carbons (Fsp3) is 0.214. The molecule has 0 N–H and O–H groups in total. The molecule has 0 radical (unpaired) electrons. The Morgan fingerprint density at radius 1 is 1.24 bits per heavy atom. The van der Waals surface area contributed by atoms with Crippen LogP contribution in [0.5, 0.6) is 0 Å². The van der Waals surface area contributed by atoms with Gasteiger partial charge in [0.25, 0.3) is 0 Å². The van der Waals surface area contributed by atoms with Crippen LogP contribution in [0.3, 0.4) is 0 Å². The predicted molar refractivity (Wildman–Crippen MR) is 71.8 cm³/mol. The van der Waals surface area contributed by atoms with Gasteiger partial charge in [-0.3, -0.25) is 4.79 Å². The van der Waals surface area contributed by atoms with Crippen LogP contribution in [-0.4, -0.2) is 16.6 Å². The lowest BCUT2D eigenvalue weighted by atomic mass is 10.1. The Morgan fingerprint density at radius 3 is 2.53 bits per heavy atom. The van der Waals surface area contributed by atoms with Gasteiger partial charge < -0.3 is 4.57 Å². The molecule has 0 atom stereocenters. The average molecular weight is 245 g/mol. The highest BCUT2D eigenvalue weighted by Gasteiger charge is 2.16. The molecule has 17 heavy (non-hydrogen) atoms. The second-order valence-corrected chi connectivity index (χ2v) is 4.51. The van der Waals surface area contributed by atoms with E-state index in [9.17, 15) is 4.79 Å². The molecule has 0 unspecified atom stereocenters. The zero-order chi connectivity index (χ0) is 12.3. The van der Waals surface area contributed by atoms with E-state index in [2.05, 4.69) is 11.5 Å². The molecule has 1 aromatic carbocycles. The van der Waals surface area contributed by atoms with E-state index in [-0.39, 0.29) is 5.78 Å². The maximum absolute atomic E-state index is 12.3. The van der Waals surface area contributed by atoms with Gasteiger partial charge in [-0.2, -0.15) is 0 Å². The van der Waals surface area contributed by atoms with Crippen LogP contribution < -0.4 is 0 Å². The Kier molecular flexibility index (Phi) is 3.69. The van der Waals surface area contributed by atoms with Gasteiger partial charge in [-0.1, -0.05) is 30.3 Å². The number of carbonyl (C=O) groups is 1. The largest absolute Gasteiger partial charge is 0.342 e. The number of aryl methyl sites for hydroxylation is 1. The van der Waals surface area contributed by atoms with Crippen LogP contribution in [0, 0.1) is 0 Å². The van der Waals surface area contributed by atoms with E-state index >= 15 is 0 Å². The van der Waals surface area contributed by atoms with Crippen molar-refractivity contribution in [1.82, 2.24) is 4.57 Å². The lowest BCUT2D eigenvalue weighted by molar-refractivity contribution is 0.103. The second-order valence-electron chi connectivity index (χ2n) is 3.72. The molecule has 0 aliphatic carbocycles. The summed E-state index contributed by atoms with van der Waals surface area (Å²) in [5.74, 6) is 0.0992. The van der Waals surface area contributed by atoms with Gasteiger partial charge in [-0.05, 0) is 19.2 Å². The summed E-state index contributed by atoms with van der Waals surface area (Å²) in [6.07, 6.45) is 3.98. The van der Waals surface area contributed by atoms with Gasteiger partial charge in [0.05, 0.1) is 10.6 Å². The summed E-state index contributed by atoms with van der Waals surface area (Å²) in [4.78, 5) is 12.3. The smallest absolute Gasteiger partial charge is 0.195 e. The molecule has 0 aliphatic heterocycles. The first-order valence-electron chi connectivity index (χ1n) is 5.60. The van der Waals surface area contributed by atoms with E-state index in [1.165, 1.54) is 0 Å². The van der Waals surface area contributed by atoms with Crippen molar-refractivity contribution in [2.45, 2.75) is 18.5 Å². The SMILES string of the molecule is CCn1ccc(C(=O)c2ccccc2)c1SC. The highest BCUT2D eigenvalue weighted by Crippen LogP contribution is 2.24. The molecule has 0 spiro atoms. The van der Waals surface area contributed by atoms with E-state index < -0.39 is 0 Å². The molecule has 1 heterocycles. The minimum Gasteiger partial charge on any atom is -0.342 e. The van der Waals surface area contributed by atoms with E-state index in [0.717, 1.165) is 22.7 Å². The average Bonchev–Trinajstić information content (AvgIpc) is 2.81. The zero-order valence-corrected chi connectivity index (χ0v) is 10.8. The topological polar surface area (TPSA) is 22.0 Å². The molecule has 0 aliphatic rings. The highest BCUT2D eigenvalue weighted by molar-refractivity contribution is 7.98. The molecule has 2 rings (SSSR count). The zero-order valence-electron chi connectivity index (χ0n) is 10.0. The van der Waals surface area contributed by atoms with Crippen LogP contribution in [0.25, 0.3) is 0 Å². The molecule has 2 aromatic rings. The number of ketones is 1. The van der Waals surface area contributed by atoms with E-state index in [1.54, 1.807) is 11.8 Å². The molecular formula is C14H15NOS. The number of benzene rings is 1. The van der Waals surface area contributed by atoms with Gasteiger partial charge in [0.1, 0.15) is 0 Å². The number of nitrogens with zero attached hydrogens (tertiary/aromatic N) is 1. The summed E-state index contributed by atoms with van der Waals surface area (Å²) in [6.45, 7) is 2.97. The van der Waals surface area contributed by atoms with Gasteiger partial charge in [-0.15, -0.1) is 11.8 Å². The lowest BCUT2D eigenvalue weighted by Crippen LogP contribution is -2.03. The van der Waals surface area contributed by atoms with Gasteiger partial charge in [0, 0.05) is 18.3 Å². The van der Waals surface area contributed by atoms with E-state index in [4.69, 9.17) is 0 Å². The number of hydrogen-bond donors (Lipinski definition) is 0. The summed E-state index contributed by atoms with van der Waals surface area (Å²) in [7, 11) is 0. The first-order valence-corrected chi connectivity index (χ1v) is 6.83. The fourth-order valence-corrected chi connectivity index (χ4v) is 2.66. The van der Waals surface area contributed by atoms with Crippen LogP contribution in [0.1, 0.15) is 22.8 Å². The molecule has 3 heteroatoms. The molecule has 0 fully saturated rings. The van der Waals surface area contributed by atoms with Crippen molar-refractivity contribution in [3.63, 3.8) is 0 Å². The van der Waals surface area contributed by atoms with E-state index in [1.807, 2.05) is 48.9 Å². The Hall–Kier alpha value is -1.48. The molecule has 1 aromatic heterocycles. The normalized spacial score (nSPS) is 10.5. The van der Waals surface area contributed by atoms with Crippen LogP contribution in [-0.2, 0) is 6.54 Å². The number of hydrogen-bond acceptors (Lipinski definition) is 2. The minimum atomic E-state index is 0.0992. The van der Waals surface area contributed by atoms with Crippen molar-refractivity contribution in [2.75, 3.05) is 6.26 Å². The van der Waals surface area contributed by atoms with Crippen molar-refractivity contribution < 1.29 is 4.79 Å². The standard InChI is InChI=1S/C14H15NOS/c1-3-15-10-9-12(14(15)17-2)13(16)11-7-5-4-6-8-11/h4-10H,3H2,1-2H3. The Balaban J connectivity index is 2.41. The number of aromatic nitrogens is 1. The third-order valence-electron chi connectivity index (χ3n) is 2.73. The molecular weight excluding hydrogens is 230 g/mol. The molecule has 0 saturated carbocycles. The number of rotatable bonds is 4. The summed E-state index contributed by atoms with van der Waals surface area (Å²) in [5.41, 5.74) is 1.54. The molecule has 0 saturated heterocycles. The van der Waals surface area contributed by atoms with Crippen molar-refractivity contribution in [1.29, 1.82) is 0 Å². The Morgan fingerprint density at radius 2 is 1.94 bits per heavy atom. The third kappa shape index (κ3) is 2.29. The van der Waals surface area contributed by atoms with Crippen molar-refractivity contribution in [2.24, 2.45) is 0 Å². The van der Waals surface area contributed by atoms with Crippen LogP contribution in [0.15, 0.2) is 47.6 Å². The van der Waals surface area contributed by atoms with E-state index in [0.29, 0.717) is 0 Å². The molecule has 88 valence electrons. The van der Waals surface area contributed by atoms with Crippen LogP contribution in [0.2, 0.25) is 0 Å². The van der Waals surface area contributed by atoms with Crippen molar-refractivity contribution >= 4 is 17.5 Å². The molecule has 2 nitrogen and oxygen atoms in total. The summed E-state index contributed by atoms with van der Waals surface area (Å²) in [5, 5.41) is 1.04. The Labute approximate surface area is 106 Å². The quantitative estimate of drug-likeness (QED) is 0.608. The second kappa shape index (κ2) is 5.23. The fourth-order valence-electron chi connectivity index (χ4n) is 1.85. The lowest BCUT2D eigenvalue weighted by Gasteiger charge is -2.06. The van der Waals surface area contributed by atoms with Crippen LogP contribution in [0.4, 0.5) is 0 Å². The van der Waals surface area contributed by atoms with Gasteiger partial charge in [0.15, 0.2) is 5.78 Å². The van der Waals surface area contributed by atoms with Crippen molar-refractivity contribution in [3.8, 4) is 0 Å². The molecule has 0 amide bonds. The molecule has 0 bridgehead atoms. The maximum Gasteiger partial charge on any atom is 0.195 e. The number of thioether (sulfide) groups is 1. The summed E-state index contributed by atoms with van der Waals surface area (Å²) < 4.78 is 2.10. The summed E-state index contributed by atoms with van der Waals surface area (Å²) >= 11 is 1.62. The Bertz CT molecular complexity index is 516.